The van der Waals surface area contributed by atoms with Gasteiger partial charge in [0.25, 0.3) is 5.82 Å². The van der Waals surface area contributed by atoms with Crippen molar-refractivity contribution in [3.05, 3.63) is 11.7 Å². The maximum atomic E-state index is 11.5. The van der Waals surface area contributed by atoms with Crippen LogP contribution in [0, 0.1) is 11.8 Å². The van der Waals surface area contributed by atoms with E-state index in [0.29, 0.717) is 24.3 Å². The zero-order chi connectivity index (χ0) is 12.5. The highest BCUT2D eigenvalue weighted by molar-refractivity contribution is 5.84. The first-order valence-electron chi connectivity index (χ1n) is 6.53. The molecule has 2 aliphatic rings. The maximum absolute atomic E-state index is 11.5. The minimum absolute atomic E-state index is 0.0232. The van der Waals surface area contributed by atoms with Gasteiger partial charge >= 0.3 is 5.97 Å². The molecule has 98 valence electrons. The number of ether oxygens (including phenoxy) is 1. The van der Waals surface area contributed by atoms with Crippen molar-refractivity contribution in [1.29, 1.82) is 0 Å². The number of carbonyl (C=O) groups is 1. The first-order valence-corrected chi connectivity index (χ1v) is 6.53. The van der Waals surface area contributed by atoms with Gasteiger partial charge in [-0.25, -0.2) is 4.79 Å². The monoisotopic (exact) mass is 251 g/mol. The Morgan fingerprint density at radius 3 is 3.28 bits per heavy atom. The highest BCUT2D eigenvalue weighted by atomic mass is 16.5. The Bertz CT molecular complexity index is 446. The van der Waals surface area contributed by atoms with Gasteiger partial charge in [0.1, 0.15) is 0 Å². The second-order valence-electron chi connectivity index (χ2n) is 4.92. The van der Waals surface area contributed by atoms with Crippen molar-refractivity contribution in [3.8, 4) is 0 Å². The number of carbonyl (C=O) groups excluding carboxylic acids is 1. The van der Waals surface area contributed by atoms with Gasteiger partial charge in [0.2, 0.25) is 5.89 Å². The Hall–Kier alpha value is -1.43. The third-order valence-corrected chi connectivity index (χ3v) is 3.91. The lowest BCUT2D eigenvalue weighted by molar-refractivity contribution is 0.0508. The lowest BCUT2D eigenvalue weighted by Gasteiger charge is -2.13. The van der Waals surface area contributed by atoms with Crippen LogP contribution < -0.4 is 5.32 Å². The molecule has 0 spiro atoms. The molecule has 1 aromatic rings. The summed E-state index contributed by atoms with van der Waals surface area (Å²) in [5.74, 6) is 1.31. The van der Waals surface area contributed by atoms with Gasteiger partial charge in [-0.3, -0.25) is 0 Å². The van der Waals surface area contributed by atoms with E-state index in [4.69, 9.17) is 9.26 Å². The highest BCUT2D eigenvalue weighted by Gasteiger charge is 2.42. The van der Waals surface area contributed by atoms with Crippen molar-refractivity contribution in [2.45, 2.75) is 32.2 Å². The number of esters is 1. The van der Waals surface area contributed by atoms with E-state index in [0.717, 1.165) is 6.54 Å². The van der Waals surface area contributed by atoms with Gasteiger partial charge in [-0.15, -0.1) is 0 Å². The molecule has 18 heavy (non-hydrogen) atoms. The first-order chi connectivity index (χ1) is 8.79. The van der Waals surface area contributed by atoms with Crippen molar-refractivity contribution in [1.82, 2.24) is 15.5 Å². The van der Waals surface area contributed by atoms with Gasteiger partial charge in [-0.05, 0) is 43.3 Å². The summed E-state index contributed by atoms with van der Waals surface area (Å²) in [6.07, 6.45) is 3.73. The zero-order valence-electron chi connectivity index (χ0n) is 10.4. The van der Waals surface area contributed by atoms with Gasteiger partial charge in [0.15, 0.2) is 0 Å². The zero-order valence-corrected chi connectivity index (χ0v) is 10.4. The smallest absolute Gasteiger partial charge is 0.379 e. The molecule has 1 aliphatic carbocycles. The molecule has 0 radical (unpaired) electrons. The summed E-state index contributed by atoms with van der Waals surface area (Å²) in [4.78, 5) is 15.6. The normalized spacial score (nSPS) is 30.4. The predicted octanol–water partition coefficient (Wildman–Crippen LogP) is 1.31. The topological polar surface area (TPSA) is 77.2 Å². The first kappa shape index (κ1) is 11.6. The Labute approximate surface area is 105 Å². The number of nitrogens with zero attached hydrogens (tertiary/aromatic N) is 2. The molecular formula is C12H17N3O3. The summed E-state index contributed by atoms with van der Waals surface area (Å²) >= 11 is 0. The molecule has 2 fully saturated rings. The largest absolute Gasteiger partial charge is 0.460 e. The van der Waals surface area contributed by atoms with E-state index in [1.165, 1.54) is 19.3 Å². The number of rotatable bonds is 3. The minimum atomic E-state index is -0.520. The van der Waals surface area contributed by atoms with Crippen LogP contribution in [0.1, 0.15) is 48.7 Å². The summed E-state index contributed by atoms with van der Waals surface area (Å²) in [5, 5.41) is 7.10. The summed E-state index contributed by atoms with van der Waals surface area (Å²) in [6.45, 7) is 3.07. The predicted molar refractivity (Wildman–Crippen MR) is 61.8 cm³/mol. The maximum Gasteiger partial charge on any atom is 0.379 e. The molecule has 1 aliphatic heterocycles. The molecule has 6 heteroatoms. The Kier molecular flexibility index (Phi) is 3.03. The van der Waals surface area contributed by atoms with Crippen LogP contribution >= 0.6 is 0 Å². The third-order valence-electron chi connectivity index (χ3n) is 3.91. The van der Waals surface area contributed by atoms with Gasteiger partial charge in [-0.1, -0.05) is 6.42 Å². The fourth-order valence-corrected chi connectivity index (χ4v) is 3.10. The van der Waals surface area contributed by atoms with E-state index in [2.05, 4.69) is 15.5 Å². The third kappa shape index (κ3) is 1.90. The van der Waals surface area contributed by atoms with Crippen molar-refractivity contribution in [2.75, 3.05) is 13.2 Å². The van der Waals surface area contributed by atoms with Crippen LogP contribution in [0.25, 0.3) is 0 Å². The molecule has 2 heterocycles. The van der Waals surface area contributed by atoms with Crippen molar-refractivity contribution in [2.24, 2.45) is 11.8 Å². The van der Waals surface area contributed by atoms with E-state index in [-0.39, 0.29) is 11.9 Å². The van der Waals surface area contributed by atoms with Crippen molar-refractivity contribution < 1.29 is 14.1 Å². The van der Waals surface area contributed by atoms with Gasteiger partial charge < -0.3 is 14.6 Å². The number of nitrogens with one attached hydrogen (secondary N) is 1. The van der Waals surface area contributed by atoms with E-state index in [9.17, 15) is 4.79 Å². The SMILES string of the molecule is CCOC(=O)c1noc(C2NCC3CCCC32)n1. The van der Waals surface area contributed by atoms with E-state index in [1.807, 2.05) is 0 Å². The number of hydrogen-bond acceptors (Lipinski definition) is 6. The molecule has 0 aromatic carbocycles. The lowest BCUT2D eigenvalue weighted by atomic mass is 9.94. The summed E-state index contributed by atoms with van der Waals surface area (Å²) in [5.41, 5.74) is 0. The fraction of sp³-hybridized carbons (Fsp3) is 0.750. The molecule has 3 unspecified atom stereocenters. The van der Waals surface area contributed by atoms with E-state index < -0.39 is 5.97 Å². The fourth-order valence-electron chi connectivity index (χ4n) is 3.10. The van der Waals surface area contributed by atoms with Crippen LogP contribution in [-0.4, -0.2) is 29.3 Å². The number of hydrogen-bond donors (Lipinski definition) is 1. The van der Waals surface area contributed by atoms with Crippen LogP contribution in [0.5, 0.6) is 0 Å². The summed E-state index contributed by atoms with van der Waals surface area (Å²) in [7, 11) is 0. The van der Waals surface area contributed by atoms with Gasteiger partial charge in [-0.2, -0.15) is 4.98 Å². The Morgan fingerprint density at radius 1 is 1.56 bits per heavy atom. The molecule has 3 atom stereocenters. The Balaban J connectivity index is 1.75. The van der Waals surface area contributed by atoms with Gasteiger partial charge in [0.05, 0.1) is 12.6 Å². The summed E-state index contributed by atoms with van der Waals surface area (Å²) in [6, 6.07) is 0.105. The molecule has 6 nitrogen and oxygen atoms in total. The highest BCUT2D eigenvalue weighted by Crippen LogP contribution is 2.43. The molecular weight excluding hydrogens is 234 g/mol. The lowest BCUT2D eigenvalue weighted by Crippen LogP contribution is -2.18. The van der Waals surface area contributed by atoms with Gasteiger partial charge in [0, 0.05) is 0 Å². The van der Waals surface area contributed by atoms with Crippen LogP contribution in [0.2, 0.25) is 0 Å². The minimum Gasteiger partial charge on any atom is -0.460 e. The van der Waals surface area contributed by atoms with Crippen LogP contribution in [-0.2, 0) is 4.74 Å². The molecule has 0 amide bonds. The Morgan fingerprint density at radius 2 is 2.44 bits per heavy atom. The van der Waals surface area contributed by atoms with Crippen LogP contribution in [0.4, 0.5) is 0 Å². The van der Waals surface area contributed by atoms with Crippen molar-refractivity contribution >= 4 is 5.97 Å². The molecule has 3 rings (SSSR count). The average molecular weight is 251 g/mol. The van der Waals surface area contributed by atoms with Crippen molar-refractivity contribution in [3.63, 3.8) is 0 Å². The number of aromatic nitrogens is 2. The average Bonchev–Trinajstić information content (AvgIpc) is 3.04. The van der Waals surface area contributed by atoms with Crippen LogP contribution in [0.15, 0.2) is 4.52 Å². The number of fused-ring (bicyclic) bond motifs is 1. The summed E-state index contributed by atoms with van der Waals surface area (Å²) < 4.78 is 10.0. The molecule has 0 bridgehead atoms. The molecule has 1 saturated carbocycles. The molecule has 1 N–H and O–H groups in total. The standard InChI is InChI=1S/C12H17N3O3/c1-2-17-12(16)10-14-11(18-15-10)9-8-5-3-4-7(8)6-13-9/h7-9,13H,2-6H2,1H3. The second-order valence-corrected chi connectivity index (χ2v) is 4.92. The molecule has 1 saturated heterocycles. The second kappa shape index (κ2) is 4.68. The quantitative estimate of drug-likeness (QED) is 0.816. The van der Waals surface area contributed by atoms with E-state index >= 15 is 0 Å². The van der Waals surface area contributed by atoms with E-state index in [1.54, 1.807) is 6.92 Å². The van der Waals surface area contributed by atoms with Crippen LogP contribution in [0.3, 0.4) is 0 Å². The molecule has 1 aromatic heterocycles.